The SMILES string of the molecule is CCCC(=O)Nc1ccc(C(=O)[C@@H](C)Sc2nc(C)cs2)cc1. The predicted molar refractivity (Wildman–Crippen MR) is 96.5 cm³/mol. The Labute approximate surface area is 144 Å². The van der Waals surface area contributed by atoms with Crippen molar-refractivity contribution >= 4 is 40.5 Å². The van der Waals surface area contributed by atoms with Gasteiger partial charge in [0.25, 0.3) is 0 Å². The van der Waals surface area contributed by atoms with Crippen LogP contribution in [-0.2, 0) is 4.79 Å². The molecular formula is C17H20N2O2S2. The van der Waals surface area contributed by atoms with E-state index in [1.807, 2.05) is 26.2 Å². The standard InChI is InChI=1S/C17H20N2O2S2/c1-4-5-15(20)19-14-8-6-13(7-9-14)16(21)12(3)23-17-18-11(2)10-22-17/h6-10,12H,4-5H2,1-3H3,(H,19,20)/t12-/m1/s1. The van der Waals surface area contributed by atoms with Crippen LogP contribution in [0, 0.1) is 6.92 Å². The quantitative estimate of drug-likeness (QED) is 0.589. The van der Waals surface area contributed by atoms with Crippen molar-refractivity contribution in [1.29, 1.82) is 0 Å². The van der Waals surface area contributed by atoms with Gasteiger partial charge in [0.15, 0.2) is 10.1 Å². The van der Waals surface area contributed by atoms with E-state index in [1.54, 1.807) is 35.6 Å². The molecule has 0 radical (unpaired) electrons. The summed E-state index contributed by atoms with van der Waals surface area (Å²) in [5.74, 6) is 0.0592. The third-order valence-corrected chi connectivity index (χ3v) is 5.36. The lowest BCUT2D eigenvalue weighted by atomic mass is 10.1. The molecule has 0 aliphatic heterocycles. The monoisotopic (exact) mass is 348 g/mol. The average molecular weight is 348 g/mol. The number of nitrogens with zero attached hydrogens (tertiary/aromatic N) is 1. The smallest absolute Gasteiger partial charge is 0.224 e. The lowest BCUT2D eigenvalue weighted by Crippen LogP contribution is -2.14. The van der Waals surface area contributed by atoms with Gasteiger partial charge in [0.2, 0.25) is 5.91 Å². The molecule has 0 bridgehead atoms. The molecule has 1 amide bonds. The molecule has 1 heterocycles. The lowest BCUT2D eigenvalue weighted by molar-refractivity contribution is -0.116. The van der Waals surface area contributed by atoms with Crippen LogP contribution in [0.2, 0.25) is 0 Å². The van der Waals surface area contributed by atoms with Crippen molar-refractivity contribution in [2.45, 2.75) is 43.2 Å². The number of Topliss-reactive ketones (excluding diaryl/α,β-unsaturated/α-hetero) is 1. The summed E-state index contributed by atoms with van der Waals surface area (Å²) >= 11 is 3.03. The second-order valence-electron chi connectivity index (χ2n) is 5.25. The molecule has 1 N–H and O–H groups in total. The molecule has 0 unspecified atom stereocenters. The summed E-state index contributed by atoms with van der Waals surface area (Å²) < 4.78 is 0.909. The molecule has 1 aromatic heterocycles. The third kappa shape index (κ3) is 5.18. The van der Waals surface area contributed by atoms with E-state index in [9.17, 15) is 9.59 Å². The Kier molecular flexibility index (Phi) is 6.36. The van der Waals surface area contributed by atoms with Gasteiger partial charge in [0, 0.05) is 28.7 Å². The summed E-state index contributed by atoms with van der Waals surface area (Å²) in [6.07, 6.45) is 1.31. The molecule has 1 atom stereocenters. The molecule has 23 heavy (non-hydrogen) atoms. The van der Waals surface area contributed by atoms with E-state index >= 15 is 0 Å². The summed E-state index contributed by atoms with van der Waals surface area (Å²) in [6, 6.07) is 7.06. The molecule has 0 saturated heterocycles. The van der Waals surface area contributed by atoms with Gasteiger partial charge in [-0.05, 0) is 44.5 Å². The van der Waals surface area contributed by atoms with E-state index in [0.29, 0.717) is 12.0 Å². The van der Waals surface area contributed by atoms with Crippen LogP contribution in [0.4, 0.5) is 5.69 Å². The van der Waals surface area contributed by atoms with Crippen LogP contribution in [0.3, 0.4) is 0 Å². The number of amides is 1. The summed E-state index contributed by atoms with van der Waals surface area (Å²) in [5.41, 5.74) is 2.34. The number of ketones is 1. The van der Waals surface area contributed by atoms with Crippen LogP contribution in [0.25, 0.3) is 0 Å². The number of hydrogen-bond acceptors (Lipinski definition) is 5. The summed E-state index contributed by atoms with van der Waals surface area (Å²) in [7, 11) is 0. The fourth-order valence-electron chi connectivity index (χ4n) is 1.99. The third-order valence-electron chi connectivity index (χ3n) is 3.17. The van der Waals surface area contributed by atoms with Gasteiger partial charge >= 0.3 is 0 Å². The molecule has 0 spiro atoms. The van der Waals surface area contributed by atoms with Crippen LogP contribution in [0.5, 0.6) is 0 Å². The number of thioether (sulfide) groups is 1. The van der Waals surface area contributed by atoms with Crippen molar-refractivity contribution in [1.82, 2.24) is 4.98 Å². The molecule has 2 aromatic rings. The molecule has 1 aromatic carbocycles. The highest BCUT2D eigenvalue weighted by molar-refractivity contribution is 8.02. The Bertz CT molecular complexity index is 680. The van der Waals surface area contributed by atoms with Crippen LogP contribution in [0.15, 0.2) is 34.0 Å². The highest BCUT2D eigenvalue weighted by Crippen LogP contribution is 2.28. The highest BCUT2D eigenvalue weighted by atomic mass is 32.2. The number of carbonyl (C=O) groups excluding carboxylic acids is 2. The summed E-state index contributed by atoms with van der Waals surface area (Å²) in [5, 5.41) is 4.60. The van der Waals surface area contributed by atoms with E-state index in [0.717, 1.165) is 22.1 Å². The largest absolute Gasteiger partial charge is 0.326 e. The first-order valence-corrected chi connectivity index (χ1v) is 9.28. The van der Waals surface area contributed by atoms with Crippen molar-refractivity contribution in [3.05, 3.63) is 40.9 Å². The topological polar surface area (TPSA) is 59.1 Å². The molecule has 4 nitrogen and oxygen atoms in total. The molecular weight excluding hydrogens is 328 g/mol. The van der Waals surface area contributed by atoms with E-state index in [2.05, 4.69) is 10.3 Å². The minimum atomic E-state index is -0.193. The van der Waals surface area contributed by atoms with Gasteiger partial charge in [0.1, 0.15) is 0 Å². The van der Waals surface area contributed by atoms with E-state index in [1.165, 1.54) is 11.8 Å². The normalized spacial score (nSPS) is 12.0. The molecule has 6 heteroatoms. The Balaban J connectivity index is 1.97. The molecule has 0 saturated carbocycles. The number of carbonyl (C=O) groups is 2. The van der Waals surface area contributed by atoms with Gasteiger partial charge in [-0.2, -0.15) is 0 Å². The van der Waals surface area contributed by atoms with Gasteiger partial charge in [-0.3, -0.25) is 9.59 Å². The second-order valence-corrected chi connectivity index (χ2v) is 7.70. The van der Waals surface area contributed by atoms with Crippen molar-refractivity contribution in [2.24, 2.45) is 0 Å². The van der Waals surface area contributed by atoms with Crippen molar-refractivity contribution in [3.63, 3.8) is 0 Å². The number of hydrogen-bond donors (Lipinski definition) is 1. The Morgan fingerprint density at radius 1 is 1.30 bits per heavy atom. The lowest BCUT2D eigenvalue weighted by Gasteiger charge is -2.09. The Hall–Kier alpha value is -1.66. The number of rotatable bonds is 7. The fraction of sp³-hybridized carbons (Fsp3) is 0.353. The van der Waals surface area contributed by atoms with Crippen LogP contribution < -0.4 is 5.32 Å². The van der Waals surface area contributed by atoms with Crippen LogP contribution >= 0.6 is 23.1 Å². The molecule has 0 aliphatic carbocycles. The molecule has 0 fully saturated rings. The number of aryl methyl sites for hydroxylation is 1. The number of benzene rings is 1. The summed E-state index contributed by atoms with van der Waals surface area (Å²) in [4.78, 5) is 28.4. The zero-order valence-corrected chi connectivity index (χ0v) is 15.1. The van der Waals surface area contributed by atoms with Crippen LogP contribution in [-0.4, -0.2) is 21.9 Å². The first kappa shape index (κ1) is 17.7. The zero-order valence-electron chi connectivity index (χ0n) is 13.5. The summed E-state index contributed by atoms with van der Waals surface area (Å²) in [6.45, 7) is 5.80. The van der Waals surface area contributed by atoms with Crippen molar-refractivity contribution < 1.29 is 9.59 Å². The molecule has 2 rings (SSSR count). The molecule has 122 valence electrons. The van der Waals surface area contributed by atoms with Gasteiger partial charge in [-0.15, -0.1) is 11.3 Å². The van der Waals surface area contributed by atoms with Gasteiger partial charge in [-0.25, -0.2) is 4.98 Å². The van der Waals surface area contributed by atoms with Crippen LogP contribution in [0.1, 0.15) is 42.7 Å². The van der Waals surface area contributed by atoms with E-state index < -0.39 is 0 Å². The van der Waals surface area contributed by atoms with Crippen molar-refractivity contribution in [3.8, 4) is 0 Å². The minimum absolute atomic E-state index is 0.00496. The van der Waals surface area contributed by atoms with E-state index in [4.69, 9.17) is 0 Å². The van der Waals surface area contributed by atoms with E-state index in [-0.39, 0.29) is 16.9 Å². The number of anilines is 1. The van der Waals surface area contributed by atoms with Gasteiger partial charge in [-0.1, -0.05) is 18.7 Å². The maximum atomic E-state index is 12.5. The zero-order chi connectivity index (χ0) is 16.8. The average Bonchev–Trinajstić information content (AvgIpc) is 2.92. The van der Waals surface area contributed by atoms with Crippen molar-refractivity contribution in [2.75, 3.05) is 5.32 Å². The number of aromatic nitrogens is 1. The first-order chi connectivity index (χ1) is 11.0. The fourth-order valence-corrected chi connectivity index (χ4v) is 4.06. The second kappa shape index (κ2) is 8.26. The van der Waals surface area contributed by atoms with Gasteiger partial charge in [0.05, 0.1) is 5.25 Å². The predicted octanol–water partition coefficient (Wildman–Crippen LogP) is 4.55. The highest BCUT2D eigenvalue weighted by Gasteiger charge is 2.18. The Morgan fingerprint density at radius 3 is 2.57 bits per heavy atom. The minimum Gasteiger partial charge on any atom is -0.326 e. The maximum Gasteiger partial charge on any atom is 0.224 e. The Morgan fingerprint density at radius 2 is 2.00 bits per heavy atom. The number of thiazole rings is 1. The van der Waals surface area contributed by atoms with Gasteiger partial charge < -0.3 is 5.32 Å². The molecule has 0 aliphatic rings. The number of nitrogens with one attached hydrogen (secondary N) is 1. The maximum absolute atomic E-state index is 12.5. The first-order valence-electron chi connectivity index (χ1n) is 7.52.